The second-order valence-electron chi connectivity index (χ2n) is 5.66. The fourth-order valence-electron chi connectivity index (χ4n) is 1.86. The van der Waals surface area contributed by atoms with Gasteiger partial charge in [-0.25, -0.2) is 0 Å². The maximum Gasteiger partial charge on any atom is 0.309 e. The summed E-state index contributed by atoms with van der Waals surface area (Å²) in [6.45, 7) is 4.44. The molecule has 0 aliphatic carbocycles. The van der Waals surface area contributed by atoms with Gasteiger partial charge in [0.15, 0.2) is 0 Å². The van der Waals surface area contributed by atoms with E-state index in [1.807, 2.05) is 30.3 Å². The molecular weight excluding hydrogens is 270 g/mol. The van der Waals surface area contributed by atoms with Crippen LogP contribution in [0.1, 0.15) is 25.8 Å². The van der Waals surface area contributed by atoms with Gasteiger partial charge in [0.1, 0.15) is 0 Å². The van der Waals surface area contributed by atoms with Gasteiger partial charge in [-0.2, -0.15) is 0 Å². The van der Waals surface area contributed by atoms with Crippen molar-refractivity contribution in [2.45, 2.75) is 26.8 Å². The predicted molar refractivity (Wildman–Crippen MR) is 79.8 cm³/mol. The second-order valence-corrected chi connectivity index (χ2v) is 5.66. The van der Waals surface area contributed by atoms with Crippen LogP contribution in [0.15, 0.2) is 30.3 Å². The number of hydrogen-bond donors (Lipinski definition) is 1. The van der Waals surface area contributed by atoms with Crippen molar-refractivity contribution in [3.05, 3.63) is 35.9 Å². The molecule has 0 aromatic heterocycles. The van der Waals surface area contributed by atoms with Gasteiger partial charge in [-0.1, -0.05) is 30.3 Å². The number of rotatable bonds is 8. The van der Waals surface area contributed by atoms with Gasteiger partial charge in [0.25, 0.3) is 0 Å². The summed E-state index contributed by atoms with van der Waals surface area (Å²) in [6, 6.07) is 9.62. The van der Waals surface area contributed by atoms with Crippen molar-refractivity contribution >= 4 is 11.9 Å². The zero-order valence-corrected chi connectivity index (χ0v) is 12.8. The number of carboxylic acids is 1. The van der Waals surface area contributed by atoms with E-state index in [9.17, 15) is 9.59 Å². The Bertz CT molecular complexity index is 470. The standard InChI is InChI=1S/C16H23NO4/c1-16(2,15(19)20)11-14(18)17(9-10-21-3)12-13-7-5-4-6-8-13/h4-8H,9-12H2,1-3H3,(H,19,20). The average Bonchev–Trinajstić information content (AvgIpc) is 2.43. The lowest BCUT2D eigenvalue weighted by molar-refractivity contribution is -0.151. The van der Waals surface area contributed by atoms with Crippen LogP contribution in [0.25, 0.3) is 0 Å². The Morgan fingerprint density at radius 3 is 2.38 bits per heavy atom. The molecule has 0 spiro atoms. The van der Waals surface area contributed by atoms with Crippen LogP contribution in [0.2, 0.25) is 0 Å². The largest absolute Gasteiger partial charge is 0.481 e. The highest BCUT2D eigenvalue weighted by atomic mass is 16.5. The summed E-state index contributed by atoms with van der Waals surface area (Å²) in [5.74, 6) is -1.15. The molecule has 0 saturated heterocycles. The number of hydrogen-bond acceptors (Lipinski definition) is 3. The molecule has 0 fully saturated rings. The topological polar surface area (TPSA) is 66.8 Å². The van der Waals surface area contributed by atoms with Crippen LogP contribution >= 0.6 is 0 Å². The zero-order chi connectivity index (χ0) is 15.9. The van der Waals surface area contributed by atoms with Gasteiger partial charge >= 0.3 is 5.97 Å². The van der Waals surface area contributed by atoms with Crippen molar-refractivity contribution in [1.29, 1.82) is 0 Å². The fraction of sp³-hybridized carbons (Fsp3) is 0.500. The first-order valence-corrected chi connectivity index (χ1v) is 6.91. The summed E-state index contributed by atoms with van der Waals surface area (Å²) in [5, 5.41) is 9.14. The van der Waals surface area contributed by atoms with Crippen molar-refractivity contribution in [1.82, 2.24) is 4.90 Å². The molecule has 0 atom stereocenters. The summed E-state index contributed by atoms with van der Waals surface area (Å²) in [5.41, 5.74) is -0.0610. The van der Waals surface area contributed by atoms with Crippen molar-refractivity contribution in [3.8, 4) is 0 Å². The highest BCUT2D eigenvalue weighted by Crippen LogP contribution is 2.22. The molecule has 1 N–H and O–H groups in total. The number of nitrogens with zero attached hydrogens (tertiary/aromatic N) is 1. The van der Waals surface area contributed by atoms with Gasteiger partial charge in [0.2, 0.25) is 5.91 Å². The van der Waals surface area contributed by atoms with Crippen LogP contribution in [0.3, 0.4) is 0 Å². The molecule has 0 aliphatic rings. The summed E-state index contributed by atoms with van der Waals surface area (Å²) in [4.78, 5) is 25.2. The molecule has 0 heterocycles. The molecule has 0 aliphatic heterocycles. The highest BCUT2D eigenvalue weighted by Gasteiger charge is 2.32. The van der Waals surface area contributed by atoms with Gasteiger partial charge < -0.3 is 14.7 Å². The highest BCUT2D eigenvalue weighted by molar-refractivity contribution is 5.84. The maximum absolute atomic E-state index is 12.4. The normalized spacial score (nSPS) is 11.2. The fourth-order valence-corrected chi connectivity index (χ4v) is 1.86. The molecule has 0 bridgehead atoms. The molecule has 1 rings (SSSR count). The van der Waals surface area contributed by atoms with Crippen LogP contribution in [0.5, 0.6) is 0 Å². The van der Waals surface area contributed by atoms with Crippen molar-refractivity contribution in [2.24, 2.45) is 5.41 Å². The van der Waals surface area contributed by atoms with E-state index in [4.69, 9.17) is 9.84 Å². The summed E-state index contributed by atoms with van der Waals surface area (Å²) >= 11 is 0. The Morgan fingerprint density at radius 1 is 1.24 bits per heavy atom. The number of aliphatic carboxylic acids is 1. The van der Waals surface area contributed by atoms with Gasteiger partial charge in [0.05, 0.1) is 12.0 Å². The number of amides is 1. The van der Waals surface area contributed by atoms with Gasteiger partial charge in [-0.3, -0.25) is 9.59 Å². The third-order valence-corrected chi connectivity index (χ3v) is 3.31. The smallest absolute Gasteiger partial charge is 0.309 e. The van der Waals surface area contributed by atoms with E-state index < -0.39 is 11.4 Å². The minimum absolute atomic E-state index is 0.0289. The average molecular weight is 293 g/mol. The van der Waals surface area contributed by atoms with Crippen LogP contribution in [-0.2, 0) is 20.9 Å². The Balaban J connectivity index is 2.77. The first-order valence-electron chi connectivity index (χ1n) is 6.91. The molecule has 0 unspecified atom stereocenters. The third kappa shape index (κ3) is 5.55. The third-order valence-electron chi connectivity index (χ3n) is 3.31. The Hall–Kier alpha value is -1.88. The number of ether oxygens (including phenoxy) is 1. The number of carbonyl (C=O) groups is 2. The van der Waals surface area contributed by atoms with Crippen molar-refractivity contribution in [2.75, 3.05) is 20.3 Å². The lowest BCUT2D eigenvalue weighted by atomic mass is 9.89. The number of benzene rings is 1. The molecule has 0 radical (unpaired) electrons. The van der Waals surface area contributed by atoms with Crippen molar-refractivity contribution < 1.29 is 19.4 Å². The van der Waals surface area contributed by atoms with Crippen LogP contribution in [-0.4, -0.2) is 42.1 Å². The molecular formula is C16H23NO4. The molecule has 0 saturated carbocycles. The lowest BCUT2D eigenvalue weighted by Crippen LogP contribution is -2.38. The van der Waals surface area contributed by atoms with Crippen LogP contribution in [0, 0.1) is 5.41 Å². The lowest BCUT2D eigenvalue weighted by Gasteiger charge is -2.26. The zero-order valence-electron chi connectivity index (χ0n) is 12.8. The number of methoxy groups -OCH3 is 1. The van der Waals surface area contributed by atoms with Crippen LogP contribution < -0.4 is 0 Å². The Kier molecular flexibility index (Phi) is 6.37. The minimum Gasteiger partial charge on any atom is -0.481 e. The molecule has 116 valence electrons. The molecule has 1 aromatic carbocycles. The van der Waals surface area contributed by atoms with E-state index in [1.54, 1.807) is 25.9 Å². The van der Waals surface area contributed by atoms with E-state index in [-0.39, 0.29) is 12.3 Å². The summed E-state index contributed by atoms with van der Waals surface area (Å²) in [7, 11) is 1.58. The number of carbonyl (C=O) groups excluding carboxylic acids is 1. The predicted octanol–water partition coefficient (Wildman–Crippen LogP) is 2.16. The van der Waals surface area contributed by atoms with Gasteiger partial charge in [-0.15, -0.1) is 0 Å². The number of carboxylic acid groups (broad SMARTS) is 1. The monoisotopic (exact) mass is 293 g/mol. The summed E-state index contributed by atoms with van der Waals surface area (Å²) in [6.07, 6.45) is -0.0289. The maximum atomic E-state index is 12.4. The molecule has 1 aromatic rings. The van der Waals surface area contributed by atoms with Gasteiger partial charge in [-0.05, 0) is 19.4 Å². The first-order chi connectivity index (χ1) is 9.86. The quantitative estimate of drug-likeness (QED) is 0.797. The molecule has 5 heteroatoms. The second kappa shape index (κ2) is 7.78. The van der Waals surface area contributed by atoms with E-state index in [0.717, 1.165) is 5.56 Å². The van der Waals surface area contributed by atoms with E-state index in [1.165, 1.54) is 0 Å². The van der Waals surface area contributed by atoms with E-state index >= 15 is 0 Å². The SMILES string of the molecule is COCCN(Cc1ccccc1)C(=O)CC(C)(C)C(=O)O. The van der Waals surface area contributed by atoms with E-state index in [0.29, 0.717) is 19.7 Å². The van der Waals surface area contributed by atoms with Crippen molar-refractivity contribution in [3.63, 3.8) is 0 Å². The first kappa shape index (κ1) is 17.2. The minimum atomic E-state index is -1.07. The molecule has 21 heavy (non-hydrogen) atoms. The molecule has 1 amide bonds. The Labute approximate surface area is 125 Å². The Morgan fingerprint density at radius 2 is 1.86 bits per heavy atom. The summed E-state index contributed by atoms with van der Waals surface area (Å²) < 4.78 is 5.03. The molecule has 5 nitrogen and oxygen atoms in total. The van der Waals surface area contributed by atoms with Gasteiger partial charge in [0, 0.05) is 26.6 Å². The van der Waals surface area contributed by atoms with E-state index in [2.05, 4.69) is 0 Å². The van der Waals surface area contributed by atoms with Crippen LogP contribution in [0.4, 0.5) is 0 Å².